The van der Waals surface area contributed by atoms with Gasteiger partial charge in [-0.25, -0.2) is 0 Å². The molecule has 1 rings (SSSR count). The molecular weight excluding hydrogens is 190 g/mol. The third kappa shape index (κ3) is 2.43. The quantitative estimate of drug-likeness (QED) is 0.500. The van der Waals surface area contributed by atoms with Gasteiger partial charge in [-0.2, -0.15) is 0 Å². The molecule has 0 aromatic heterocycles. The topological polar surface area (TPSA) is 3.24 Å². The van der Waals surface area contributed by atoms with Crippen LogP contribution in [0.15, 0.2) is 12.2 Å². The summed E-state index contributed by atoms with van der Waals surface area (Å²) in [5.74, 6) is 0. The van der Waals surface area contributed by atoms with Crippen LogP contribution in [0.3, 0.4) is 0 Å². The van der Waals surface area contributed by atoms with Crippen molar-refractivity contribution >= 4 is 15.9 Å². The van der Waals surface area contributed by atoms with E-state index in [9.17, 15) is 0 Å². The van der Waals surface area contributed by atoms with Crippen molar-refractivity contribution < 1.29 is 0 Å². The number of rotatable bonds is 4. The minimum atomic E-state index is 0.857. The van der Waals surface area contributed by atoms with Crippen molar-refractivity contribution in [2.45, 2.75) is 18.9 Å². The van der Waals surface area contributed by atoms with E-state index in [1.165, 1.54) is 18.4 Å². The predicted molar refractivity (Wildman–Crippen MR) is 48.6 cm³/mol. The zero-order valence-electron chi connectivity index (χ0n) is 6.44. The fourth-order valence-electron chi connectivity index (χ4n) is 1.04. The Bertz CT molecular complexity index is 129. The summed E-state index contributed by atoms with van der Waals surface area (Å²) in [5.41, 5.74) is 1.27. The van der Waals surface area contributed by atoms with Gasteiger partial charge in [-0.15, -0.1) is 0 Å². The first-order valence-electron chi connectivity index (χ1n) is 3.67. The van der Waals surface area contributed by atoms with E-state index in [1.54, 1.807) is 0 Å². The van der Waals surface area contributed by atoms with Gasteiger partial charge in [0.1, 0.15) is 0 Å². The summed E-state index contributed by atoms with van der Waals surface area (Å²) in [7, 11) is 2.17. The molecule has 10 heavy (non-hydrogen) atoms. The maximum absolute atomic E-state index is 3.93. The van der Waals surface area contributed by atoms with E-state index < -0.39 is 0 Å². The first-order valence-corrected chi connectivity index (χ1v) is 4.79. The van der Waals surface area contributed by atoms with E-state index in [4.69, 9.17) is 0 Å². The van der Waals surface area contributed by atoms with Gasteiger partial charge in [0.15, 0.2) is 0 Å². The lowest BCUT2D eigenvalue weighted by atomic mass is 10.3. The van der Waals surface area contributed by atoms with E-state index in [-0.39, 0.29) is 0 Å². The van der Waals surface area contributed by atoms with Gasteiger partial charge in [-0.1, -0.05) is 28.1 Å². The Hall–Kier alpha value is 0.180. The minimum absolute atomic E-state index is 0.857. The highest BCUT2D eigenvalue weighted by molar-refractivity contribution is 9.09. The summed E-state index contributed by atoms with van der Waals surface area (Å²) in [6.45, 7) is 4.99. The summed E-state index contributed by atoms with van der Waals surface area (Å²) in [6, 6.07) is 0.857. The van der Waals surface area contributed by atoms with Crippen LogP contribution in [0.1, 0.15) is 12.8 Å². The molecule has 0 aromatic carbocycles. The average molecular weight is 204 g/mol. The minimum Gasteiger partial charge on any atom is -0.299 e. The number of nitrogens with zero attached hydrogens (tertiary/aromatic N) is 1. The third-order valence-corrected chi connectivity index (χ3v) is 2.63. The monoisotopic (exact) mass is 203 g/mol. The second kappa shape index (κ2) is 3.54. The fourth-order valence-corrected chi connectivity index (χ4v) is 1.22. The van der Waals surface area contributed by atoms with Gasteiger partial charge >= 0.3 is 0 Å². The standard InChI is InChI=1S/C8H14BrN/c1-7(5-9)6-10(2)8-3-4-8/h8H,1,3-6H2,2H3. The molecule has 0 unspecified atom stereocenters. The van der Waals surface area contributed by atoms with E-state index in [2.05, 4.69) is 34.5 Å². The number of alkyl halides is 1. The van der Waals surface area contributed by atoms with Crippen molar-refractivity contribution in [1.82, 2.24) is 4.90 Å². The van der Waals surface area contributed by atoms with Gasteiger partial charge in [0.25, 0.3) is 0 Å². The number of hydrogen-bond acceptors (Lipinski definition) is 1. The van der Waals surface area contributed by atoms with Crippen LogP contribution in [0.4, 0.5) is 0 Å². The smallest absolute Gasteiger partial charge is 0.0251 e. The molecule has 2 heteroatoms. The van der Waals surface area contributed by atoms with E-state index in [1.807, 2.05) is 0 Å². The number of halogens is 1. The van der Waals surface area contributed by atoms with E-state index in [0.717, 1.165) is 17.9 Å². The van der Waals surface area contributed by atoms with Crippen molar-refractivity contribution in [1.29, 1.82) is 0 Å². The highest BCUT2D eigenvalue weighted by Gasteiger charge is 2.25. The number of likely N-dealkylation sites (N-methyl/N-ethyl adjacent to an activating group) is 1. The molecule has 0 saturated heterocycles. The highest BCUT2D eigenvalue weighted by Crippen LogP contribution is 2.25. The lowest BCUT2D eigenvalue weighted by molar-refractivity contribution is 0.353. The average Bonchev–Trinajstić information content (AvgIpc) is 2.68. The summed E-state index contributed by atoms with van der Waals surface area (Å²) in [6.07, 6.45) is 2.76. The first-order chi connectivity index (χ1) is 4.74. The molecule has 0 spiro atoms. The molecule has 0 heterocycles. The van der Waals surface area contributed by atoms with Crippen LogP contribution in [0.25, 0.3) is 0 Å². The largest absolute Gasteiger partial charge is 0.299 e. The first kappa shape index (κ1) is 8.28. The van der Waals surface area contributed by atoms with Gasteiger partial charge in [-0.3, -0.25) is 4.90 Å². The Morgan fingerprint density at radius 1 is 1.70 bits per heavy atom. The van der Waals surface area contributed by atoms with Crippen molar-refractivity contribution in [3.8, 4) is 0 Å². The Morgan fingerprint density at radius 2 is 2.30 bits per heavy atom. The molecule has 1 aliphatic carbocycles. The fraction of sp³-hybridized carbons (Fsp3) is 0.750. The maximum Gasteiger partial charge on any atom is 0.0251 e. The molecule has 0 atom stereocenters. The SMILES string of the molecule is C=C(CBr)CN(C)C1CC1. The predicted octanol–water partition coefficient (Wildman–Crippen LogP) is 2.03. The molecule has 1 fully saturated rings. The summed E-state index contributed by atoms with van der Waals surface area (Å²) in [4.78, 5) is 2.38. The maximum atomic E-state index is 3.93. The molecule has 58 valence electrons. The Balaban J connectivity index is 2.16. The van der Waals surface area contributed by atoms with E-state index in [0.29, 0.717) is 0 Å². The van der Waals surface area contributed by atoms with Crippen LogP contribution in [0.2, 0.25) is 0 Å². The van der Waals surface area contributed by atoms with Crippen molar-refractivity contribution in [2.75, 3.05) is 18.9 Å². The molecule has 1 aliphatic rings. The van der Waals surface area contributed by atoms with Crippen LogP contribution in [-0.2, 0) is 0 Å². The molecule has 0 N–H and O–H groups in total. The molecule has 0 amide bonds. The van der Waals surface area contributed by atoms with Crippen LogP contribution in [0, 0.1) is 0 Å². The zero-order chi connectivity index (χ0) is 7.56. The Labute approximate surface area is 71.2 Å². The molecule has 1 saturated carbocycles. The van der Waals surface area contributed by atoms with E-state index >= 15 is 0 Å². The molecule has 1 nitrogen and oxygen atoms in total. The Morgan fingerprint density at radius 3 is 2.70 bits per heavy atom. The Kier molecular flexibility index (Phi) is 2.93. The molecule has 0 bridgehead atoms. The van der Waals surface area contributed by atoms with Gasteiger partial charge in [0.2, 0.25) is 0 Å². The lowest BCUT2D eigenvalue weighted by Gasteiger charge is -2.15. The van der Waals surface area contributed by atoms with Crippen LogP contribution in [0.5, 0.6) is 0 Å². The summed E-state index contributed by atoms with van der Waals surface area (Å²) < 4.78 is 0. The van der Waals surface area contributed by atoms with Crippen molar-refractivity contribution in [3.63, 3.8) is 0 Å². The second-order valence-corrected chi connectivity index (χ2v) is 3.59. The zero-order valence-corrected chi connectivity index (χ0v) is 8.02. The van der Waals surface area contributed by atoms with Gasteiger partial charge in [-0.05, 0) is 19.9 Å². The molecule has 0 aliphatic heterocycles. The summed E-state index contributed by atoms with van der Waals surface area (Å²) >= 11 is 3.39. The van der Waals surface area contributed by atoms with Crippen LogP contribution in [-0.4, -0.2) is 29.9 Å². The molecule has 0 aromatic rings. The van der Waals surface area contributed by atoms with Gasteiger partial charge in [0.05, 0.1) is 0 Å². The summed E-state index contributed by atoms with van der Waals surface area (Å²) in [5, 5.41) is 0.935. The number of hydrogen-bond donors (Lipinski definition) is 0. The molecule has 0 radical (unpaired) electrons. The van der Waals surface area contributed by atoms with Gasteiger partial charge in [0, 0.05) is 17.9 Å². The normalized spacial score (nSPS) is 17.9. The lowest BCUT2D eigenvalue weighted by Crippen LogP contribution is -2.23. The van der Waals surface area contributed by atoms with Crippen LogP contribution >= 0.6 is 15.9 Å². The van der Waals surface area contributed by atoms with Crippen molar-refractivity contribution in [3.05, 3.63) is 12.2 Å². The van der Waals surface area contributed by atoms with Crippen molar-refractivity contribution in [2.24, 2.45) is 0 Å². The highest BCUT2D eigenvalue weighted by atomic mass is 79.9. The van der Waals surface area contributed by atoms with Gasteiger partial charge < -0.3 is 0 Å². The van der Waals surface area contributed by atoms with Crippen LogP contribution < -0.4 is 0 Å². The second-order valence-electron chi connectivity index (χ2n) is 3.03. The molecular formula is C8H14BrN. The third-order valence-electron chi connectivity index (χ3n) is 1.83.